The molecule has 6 nitrogen and oxygen atoms in total. The van der Waals surface area contributed by atoms with Gasteiger partial charge in [0, 0.05) is 44.6 Å². The van der Waals surface area contributed by atoms with Crippen molar-refractivity contribution in [1.82, 2.24) is 15.0 Å². The number of aromatic nitrogens is 3. The van der Waals surface area contributed by atoms with E-state index in [1.54, 1.807) is 15.0 Å². The smallest absolute Gasteiger partial charge is 0.259 e. The third-order valence-corrected chi connectivity index (χ3v) is 0.681. The van der Waals surface area contributed by atoms with Gasteiger partial charge in [-0.05, 0) is 10.1 Å². The van der Waals surface area contributed by atoms with Crippen molar-refractivity contribution in [3.8, 4) is 0 Å². The number of hydrogen-bond acceptors (Lipinski definition) is 3. The van der Waals surface area contributed by atoms with Crippen LogP contribution < -0.4 is 17.1 Å². The SMILES string of the molecule is ClBr.O=c1[nH]c(=O)[nH]c(=O)[nH]1.[Na]. The van der Waals surface area contributed by atoms with Crippen molar-refractivity contribution in [3.05, 3.63) is 31.5 Å². The van der Waals surface area contributed by atoms with Crippen LogP contribution in [0.2, 0.25) is 0 Å². The molecule has 0 amide bonds. The number of nitrogens with one attached hydrogen (secondary N) is 3. The first-order valence-electron chi connectivity index (χ1n) is 2.26. The summed E-state index contributed by atoms with van der Waals surface area (Å²) in [7, 11) is 4.45. The predicted octanol–water partition coefficient (Wildman–Crippen LogP) is -1.09. The van der Waals surface area contributed by atoms with Crippen LogP contribution in [-0.2, 0) is 0 Å². The minimum Gasteiger partial charge on any atom is -0.259 e. The third kappa shape index (κ3) is 5.78. The van der Waals surface area contributed by atoms with E-state index >= 15 is 0 Å². The Bertz CT molecular complexity index is 291. The maximum Gasteiger partial charge on any atom is 0.330 e. The Kier molecular flexibility index (Phi) is 9.56. The van der Waals surface area contributed by atoms with E-state index in [9.17, 15) is 14.4 Å². The quantitative estimate of drug-likeness (QED) is 0.521. The second kappa shape index (κ2) is 7.81. The number of H-pyrrole nitrogens is 3. The van der Waals surface area contributed by atoms with Gasteiger partial charge in [0.25, 0.3) is 0 Å². The van der Waals surface area contributed by atoms with Gasteiger partial charge < -0.3 is 0 Å². The van der Waals surface area contributed by atoms with E-state index in [2.05, 4.69) is 25.1 Å². The Morgan fingerprint density at radius 1 is 0.833 bits per heavy atom. The summed E-state index contributed by atoms with van der Waals surface area (Å²) < 4.78 is 0. The topological polar surface area (TPSA) is 98.6 Å². The van der Waals surface area contributed by atoms with Crippen LogP contribution >= 0.6 is 25.1 Å². The van der Waals surface area contributed by atoms with Crippen molar-refractivity contribution in [2.45, 2.75) is 0 Å². The van der Waals surface area contributed by atoms with Gasteiger partial charge in [-0.15, -0.1) is 0 Å². The van der Waals surface area contributed by atoms with E-state index in [4.69, 9.17) is 0 Å². The molecule has 12 heavy (non-hydrogen) atoms. The molecular formula is C3H3BrClN3NaO3. The molecule has 0 unspecified atom stereocenters. The number of rotatable bonds is 0. The molecule has 0 aliphatic heterocycles. The van der Waals surface area contributed by atoms with Gasteiger partial charge in [0.05, 0.1) is 0 Å². The average Bonchev–Trinajstić information content (AvgIpc) is 1.88. The van der Waals surface area contributed by atoms with Gasteiger partial charge in [-0.2, -0.15) is 0 Å². The second-order valence-electron chi connectivity index (χ2n) is 1.36. The van der Waals surface area contributed by atoms with Gasteiger partial charge in [0.2, 0.25) is 0 Å². The fraction of sp³-hybridized carbons (Fsp3) is 0. The van der Waals surface area contributed by atoms with Crippen LogP contribution in [0.5, 0.6) is 0 Å². The molecule has 0 bridgehead atoms. The average molecular weight is 267 g/mol. The van der Waals surface area contributed by atoms with Crippen molar-refractivity contribution in [1.29, 1.82) is 0 Å². The molecule has 1 radical (unpaired) electrons. The van der Waals surface area contributed by atoms with Crippen molar-refractivity contribution in [3.63, 3.8) is 0 Å². The number of hydrogen-bond donors (Lipinski definition) is 3. The molecule has 1 rings (SSSR count). The van der Waals surface area contributed by atoms with E-state index in [1.165, 1.54) is 0 Å². The van der Waals surface area contributed by atoms with Crippen LogP contribution in [0.3, 0.4) is 0 Å². The zero-order valence-corrected chi connectivity index (χ0v) is 10.3. The first kappa shape index (κ1) is 14.7. The normalized spacial score (nSPS) is 7.50. The van der Waals surface area contributed by atoms with Crippen LogP contribution in [0.25, 0.3) is 0 Å². The zero-order chi connectivity index (χ0) is 8.85. The van der Waals surface area contributed by atoms with Gasteiger partial charge in [0.1, 0.15) is 0 Å². The van der Waals surface area contributed by atoms with Crippen molar-refractivity contribution < 1.29 is 0 Å². The number of aromatic amines is 3. The molecule has 9 heteroatoms. The zero-order valence-electron chi connectivity index (χ0n) is 5.98. The molecule has 0 aliphatic rings. The van der Waals surface area contributed by atoms with Gasteiger partial charge in [-0.25, -0.2) is 14.4 Å². The maximum atomic E-state index is 10.2. The predicted molar refractivity (Wildman–Crippen MR) is 48.8 cm³/mol. The van der Waals surface area contributed by atoms with Gasteiger partial charge >= 0.3 is 17.1 Å². The summed E-state index contributed by atoms with van der Waals surface area (Å²) >= 11 is 2.41. The van der Waals surface area contributed by atoms with E-state index in [-0.39, 0.29) is 29.6 Å². The summed E-state index contributed by atoms with van der Waals surface area (Å²) in [5.74, 6) is 0. The van der Waals surface area contributed by atoms with Crippen LogP contribution in [0.4, 0.5) is 0 Å². The molecule has 0 saturated carbocycles. The maximum absolute atomic E-state index is 10.2. The Morgan fingerprint density at radius 2 is 1.00 bits per heavy atom. The second-order valence-corrected chi connectivity index (χ2v) is 1.36. The summed E-state index contributed by atoms with van der Waals surface area (Å²) in [5.41, 5.74) is -2.41. The van der Waals surface area contributed by atoms with Crippen molar-refractivity contribution in [2.24, 2.45) is 0 Å². The molecule has 3 N–H and O–H groups in total. The summed E-state index contributed by atoms with van der Waals surface area (Å²) in [6.07, 6.45) is 0. The van der Waals surface area contributed by atoms with Gasteiger partial charge in [-0.1, -0.05) is 0 Å². The van der Waals surface area contributed by atoms with Crippen LogP contribution in [0, 0.1) is 0 Å². The Balaban J connectivity index is 0. The minimum absolute atomic E-state index is 0. The molecule has 0 saturated heterocycles. The molecule has 1 aromatic heterocycles. The monoisotopic (exact) mass is 266 g/mol. The van der Waals surface area contributed by atoms with Crippen molar-refractivity contribution in [2.75, 3.05) is 0 Å². The first-order chi connectivity index (χ1) is 5.18. The standard InChI is InChI=1S/C3H3N3O3.BrCl.Na/c7-1-4-2(8)6-3(9)5-1;1-2;/h(H3,4,5,6,7,8,9);;. The molecule has 0 atom stereocenters. The first-order valence-corrected chi connectivity index (χ1v) is 4.34. The molecule has 1 heterocycles. The minimum atomic E-state index is -0.802. The molecule has 0 spiro atoms. The third-order valence-electron chi connectivity index (χ3n) is 0.681. The fourth-order valence-corrected chi connectivity index (χ4v) is 0.403. The summed E-state index contributed by atoms with van der Waals surface area (Å²) in [4.78, 5) is 35.9. The molecule has 63 valence electrons. The number of halogens is 2. The van der Waals surface area contributed by atoms with E-state index < -0.39 is 17.1 Å². The Labute approximate surface area is 100 Å². The van der Waals surface area contributed by atoms with Crippen molar-refractivity contribution >= 4 is 54.7 Å². The molecule has 0 aromatic carbocycles. The van der Waals surface area contributed by atoms with E-state index in [0.717, 1.165) is 0 Å². The Hall–Kier alpha value is 0.180. The van der Waals surface area contributed by atoms with Crippen LogP contribution in [0.15, 0.2) is 14.4 Å². The molecule has 0 aliphatic carbocycles. The van der Waals surface area contributed by atoms with Gasteiger partial charge in [0.15, 0.2) is 0 Å². The van der Waals surface area contributed by atoms with E-state index in [1.807, 2.05) is 0 Å². The summed E-state index contributed by atoms with van der Waals surface area (Å²) in [5, 5.41) is 0. The van der Waals surface area contributed by atoms with Crippen LogP contribution in [-0.4, -0.2) is 44.5 Å². The summed E-state index contributed by atoms with van der Waals surface area (Å²) in [6.45, 7) is 0. The molecular weight excluding hydrogens is 264 g/mol. The fourth-order valence-electron chi connectivity index (χ4n) is 0.403. The molecule has 1 aromatic rings. The largest absolute Gasteiger partial charge is 0.330 e. The van der Waals surface area contributed by atoms with Crippen LogP contribution in [0.1, 0.15) is 0 Å². The Morgan fingerprint density at radius 3 is 1.17 bits per heavy atom. The summed E-state index contributed by atoms with van der Waals surface area (Å²) in [6, 6.07) is 0. The van der Waals surface area contributed by atoms with Gasteiger partial charge in [-0.3, -0.25) is 15.0 Å². The van der Waals surface area contributed by atoms with E-state index in [0.29, 0.717) is 0 Å². The molecule has 0 fully saturated rings.